The Morgan fingerprint density at radius 2 is 1.58 bits per heavy atom. The van der Waals surface area contributed by atoms with Crippen molar-refractivity contribution in [2.75, 3.05) is 63.8 Å². The Kier molecular flexibility index (Phi) is 6.27. The molecule has 2 aromatic rings. The molecule has 2 saturated heterocycles. The summed E-state index contributed by atoms with van der Waals surface area (Å²) in [5, 5.41) is 0. The molecule has 0 N–H and O–H groups in total. The number of rotatable bonds is 4. The number of halogens is 1. The van der Waals surface area contributed by atoms with Crippen LogP contribution in [-0.2, 0) is 4.79 Å². The summed E-state index contributed by atoms with van der Waals surface area (Å²) in [4.78, 5) is 33.2. The summed E-state index contributed by atoms with van der Waals surface area (Å²) in [6, 6.07) is 8.54. The first kappa shape index (κ1) is 21.4. The van der Waals surface area contributed by atoms with Gasteiger partial charge >= 0.3 is 0 Å². The largest absolute Gasteiger partial charge is 0.466 e. The van der Waals surface area contributed by atoms with E-state index in [2.05, 4.69) is 4.90 Å². The van der Waals surface area contributed by atoms with Gasteiger partial charge in [0.2, 0.25) is 5.91 Å². The van der Waals surface area contributed by atoms with Crippen LogP contribution in [0.15, 0.2) is 34.7 Å². The standard InChI is InChI=1S/C23H29FN4O3/c1-17-15-19(18(2)31-17)23(30)28-9-7-25(8-10-28)16-22(29)27-13-11-26(12-14-27)21-6-4-3-5-20(21)24/h3-6,15H,7-14,16H2,1-2H3. The maximum absolute atomic E-state index is 14.0. The van der Waals surface area contributed by atoms with Crippen molar-refractivity contribution in [2.45, 2.75) is 13.8 Å². The lowest BCUT2D eigenvalue weighted by Gasteiger charge is -2.38. The maximum Gasteiger partial charge on any atom is 0.257 e. The fraction of sp³-hybridized carbons (Fsp3) is 0.478. The van der Waals surface area contributed by atoms with Crippen molar-refractivity contribution in [3.05, 3.63) is 53.2 Å². The Labute approximate surface area is 182 Å². The van der Waals surface area contributed by atoms with Crippen molar-refractivity contribution >= 4 is 17.5 Å². The van der Waals surface area contributed by atoms with E-state index >= 15 is 0 Å². The number of aryl methyl sites for hydroxylation is 2. The van der Waals surface area contributed by atoms with Gasteiger partial charge in [0, 0.05) is 52.4 Å². The van der Waals surface area contributed by atoms with Gasteiger partial charge in [-0.1, -0.05) is 12.1 Å². The van der Waals surface area contributed by atoms with Crippen molar-refractivity contribution in [3.63, 3.8) is 0 Å². The number of carbonyl (C=O) groups excluding carboxylic acids is 2. The van der Waals surface area contributed by atoms with E-state index in [1.807, 2.05) is 27.7 Å². The molecule has 166 valence electrons. The zero-order valence-corrected chi connectivity index (χ0v) is 18.1. The van der Waals surface area contributed by atoms with Crippen molar-refractivity contribution in [3.8, 4) is 0 Å². The molecule has 0 aliphatic carbocycles. The molecule has 3 heterocycles. The van der Waals surface area contributed by atoms with Crippen molar-refractivity contribution < 1.29 is 18.4 Å². The molecule has 2 aliphatic rings. The minimum Gasteiger partial charge on any atom is -0.466 e. The van der Waals surface area contributed by atoms with Crippen LogP contribution in [0.4, 0.5) is 10.1 Å². The number of para-hydroxylation sites is 1. The predicted molar refractivity (Wildman–Crippen MR) is 116 cm³/mol. The van der Waals surface area contributed by atoms with E-state index in [4.69, 9.17) is 4.42 Å². The molecule has 2 amide bonds. The zero-order valence-electron chi connectivity index (χ0n) is 18.1. The summed E-state index contributed by atoms with van der Waals surface area (Å²) >= 11 is 0. The van der Waals surface area contributed by atoms with E-state index in [9.17, 15) is 14.0 Å². The number of anilines is 1. The Hall–Kier alpha value is -2.87. The Balaban J connectivity index is 1.24. The van der Waals surface area contributed by atoms with E-state index in [-0.39, 0.29) is 17.6 Å². The lowest BCUT2D eigenvalue weighted by molar-refractivity contribution is -0.133. The minimum atomic E-state index is -0.226. The van der Waals surface area contributed by atoms with Gasteiger partial charge in [0.25, 0.3) is 5.91 Å². The summed E-state index contributed by atoms with van der Waals surface area (Å²) < 4.78 is 19.5. The average molecular weight is 429 g/mol. The van der Waals surface area contributed by atoms with E-state index in [0.717, 1.165) is 5.76 Å². The van der Waals surface area contributed by atoms with Gasteiger partial charge < -0.3 is 19.1 Å². The zero-order chi connectivity index (χ0) is 22.0. The van der Waals surface area contributed by atoms with Crippen LogP contribution in [0, 0.1) is 19.7 Å². The number of furan rings is 1. The summed E-state index contributed by atoms with van der Waals surface area (Å²) in [5.74, 6) is 1.24. The van der Waals surface area contributed by atoms with Crippen LogP contribution in [0.3, 0.4) is 0 Å². The highest BCUT2D eigenvalue weighted by Gasteiger charge is 2.28. The lowest BCUT2D eigenvalue weighted by atomic mass is 10.2. The maximum atomic E-state index is 14.0. The van der Waals surface area contributed by atoms with E-state index in [1.54, 1.807) is 25.1 Å². The van der Waals surface area contributed by atoms with Gasteiger partial charge in [-0.15, -0.1) is 0 Å². The Morgan fingerprint density at radius 3 is 2.19 bits per heavy atom. The first-order valence-electron chi connectivity index (χ1n) is 10.8. The number of benzene rings is 1. The van der Waals surface area contributed by atoms with Crippen molar-refractivity contribution in [2.24, 2.45) is 0 Å². The molecule has 7 nitrogen and oxygen atoms in total. The van der Waals surface area contributed by atoms with Crippen LogP contribution < -0.4 is 4.90 Å². The van der Waals surface area contributed by atoms with Crippen LogP contribution in [0.1, 0.15) is 21.9 Å². The van der Waals surface area contributed by atoms with Crippen molar-refractivity contribution in [1.29, 1.82) is 0 Å². The molecule has 4 rings (SSSR count). The van der Waals surface area contributed by atoms with Crippen LogP contribution in [0.2, 0.25) is 0 Å². The molecule has 2 fully saturated rings. The monoisotopic (exact) mass is 428 g/mol. The molecular weight excluding hydrogens is 399 g/mol. The number of carbonyl (C=O) groups is 2. The van der Waals surface area contributed by atoms with Gasteiger partial charge in [0.1, 0.15) is 17.3 Å². The molecule has 1 aromatic heterocycles. The normalized spacial score (nSPS) is 17.8. The van der Waals surface area contributed by atoms with Crippen LogP contribution >= 0.6 is 0 Å². The van der Waals surface area contributed by atoms with Gasteiger partial charge in [-0.25, -0.2) is 4.39 Å². The number of hydrogen-bond acceptors (Lipinski definition) is 5. The quantitative estimate of drug-likeness (QED) is 0.747. The fourth-order valence-corrected chi connectivity index (χ4v) is 4.32. The van der Waals surface area contributed by atoms with Gasteiger partial charge in [-0.05, 0) is 32.0 Å². The Bertz CT molecular complexity index is 944. The molecule has 0 atom stereocenters. The molecule has 0 bridgehead atoms. The second-order valence-corrected chi connectivity index (χ2v) is 8.21. The minimum absolute atomic E-state index is 0.00964. The number of amides is 2. The highest BCUT2D eigenvalue weighted by molar-refractivity contribution is 5.95. The first-order chi connectivity index (χ1) is 14.9. The van der Waals surface area contributed by atoms with Crippen LogP contribution in [0.5, 0.6) is 0 Å². The van der Waals surface area contributed by atoms with E-state index in [0.29, 0.717) is 75.9 Å². The molecular formula is C23H29FN4O3. The fourth-order valence-electron chi connectivity index (χ4n) is 4.32. The van der Waals surface area contributed by atoms with Gasteiger partial charge in [-0.3, -0.25) is 14.5 Å². The third-order valence-electron chi connectivity index (χ3n) is 6.12. The summed E-state index contributed by atoms with van der Waals surface area (Å²) in [6.45, 7) is 8.95. The summed E-state index contributed by atoms with van der Waals surface area (Å²) in [7, 11) is 0. The molecule has 0 saturated carbocycles. The van der Waals surface area contributed by atoms with Crippen LogP contribution in [0.25, 0.3) is 0 Å². The van der Waals surface area contributed by atoms with Gasteiger partial charge in [0.05, 0.1) is 17.8 Å². The molecule has 0 spiro atoms. The second kappa shape index (κ2) is 9.09. The summed E-state index contributed by atoms with van der Waals surface area (Å²) in [5.41, 5.74) is 1.22. The smallest absolute Gasteiger partial charge is 0.257 e. The van der Waals surface area contributed by atoms with Gasteiger partial charge in [-0.2, -0.15) is 0 Å². The highest BCUT2D eigenvalue weighted by Crippen LogP contribution is 2.20. The predicted octanol–water partition coefficient (Wildman–Crippen LogP) is 2.14. The number of piperazine rings is 2. The molecule has 31 heavy (non-hydrogen) atoms. The van der Waals surface area contributed by atoms with Gasteiger partial charge in [0.15, 0.2) is 0 Å². The molecule has 0 unspecified atom stereocenters. The average Bonchev–Trinajstić information content (AvgIpc) is 3.12. The summed E-state index contributed by atoms with van der Waals surface area (Å²) in [6.07, 6.45) is 0. The topological polar surface area (TPSA) is 60.2 Å². The first-order valence-corrected chi connectivity index (χ1v) is 10.8. The van der Waals surface area contributed by atoms with E-state index < -0.39 is 0 Å². The third kappa shape index (κ3) is 4.74. The molecule has 8 heteroatoms. The molecule has 0 radical (unpaired) electrons. The second-order valence-electron chi connectivity index (χ2n) is 8.21. The van der Waals surface area contributed by atoms with Crippen molar-refractivity contribution in [1.82, 2.24) is 14.7 Å². The molecule has 1 aromatic carbocycles. The third-order valence-corrected chi connectivity index (χ3v) is 6.12. The van der Waals surface area contributed by atoms with E-state index in [1.165, 1.54) is 6.07 Å². The number of nitrogens with zero attached hydrogens (tertiary/aromatic N) is 4. The Morgan fingerprint density at radius 1 is 0.935 bits per heavy atom. The lowest BCUT2D eigenvalue weighted by Crippen LogP contribution is -2.54. The van der Waals surface area contributed by atoms with Crippen LogP contribution in [-0.4, -0.2) is 85.4 Å². The molecule has 2 aliphatic heterocycles. The number of hydrogen-bond donors (Lipinski definition) is 0. The SMILES string of the molecule is Cc1cc(C(=O)N2CCN(CC(=O)N3CCN(c4ccccc4F)CC3)CC2)c(C)o1. The highest BCUT2D eigenvalue weighted by atomic mass is 19.1.